The number of carbonyl (C=O) groups excluding carboxylic acids is 1. The van der Waals surface area contributed by atoms with Crippen molar-refractivity contribution in [1.82, 2.24) is 9.55 Å². The Kier molecular flexibility index (Phi) is 2.32. The number of ketones is 1. The van der Waals surface area contributed by atoms with Crippen molar-refractivity contribution in [3.63, 3.8) is 0 Å². The fourth-order valence-corrected chi connectivity index (χ4v) is 1.93. The Hall–Kier alpha value is -1.63. The number of imidazole rings is 1. The summed E-state index contributed by atoms with van der Waals surface area (Å²) >= 11 is 0. The van der Waals surface area contributed by atoms with Crippen molar-refractivity contribution < 1.29 is 4.79 Å². The molecule has 0 bridgehead atoms. The molecule has 1 atom stereocenters. The first-order valence-electron chi connectivity index (χ1n) is 4.76. The third-order valence-electron chi connectivity index (χ3n) is 2.62. The van der Waals surface area contributed by atoms with E-state index in [9.17, 15) is 4.79 Å². The Morgan fingerprint density at radius 2 is 2.50 bits per heavy atom. The highest BCUT2D eigenvalue weighted by Gasteiger charge is 2.22. The van der Waals surface area contributed by atoms with Gasteiger partial charge in [0.2, 0.25) is 5.82 Å². The van der Waals surface area contributed by atoms with Crippen molar-refractivity contribution in [3.05, 3.63) is 18.2 Å². The van der Waals surface area contributed by atoms with Crippen LogP contribution >= 0.6 is 0 Å². The lowest BCUT2D eigenvalue weighted by molar-refractivity contribution is -0.121. The van der Waals surface area contributed by atoms with Crippen LogP contribution in [-0.2, 0) is 4.79 Å². The van der Waals surface area contributed by atoms with Gasteiger partial charge in [-0.3, -0.25) is 4.79 Å². The van der Waals surface area contributed by atoms with E-state index >= 15 is 0 Å². The number of aromatic nitrogens is 2. The second-order valence-corrected chi connectivity index (χ2v) is 3.56. The number of hydrogen-bond acceptors (Lipinski definition) is 3. The summed E-state index contributed by atoms with van der Waals surface area (Å²) in [5, 5.41) is 8.79. The van der Waals surface area contributed by atoms with Crippen LogP contribution in [0.2, 0.25) is 0 Å². The van der Waals surface area contributed by atoms with Gasteiger partial charge >= 0.3 is 0 Å². The van der Waals surface area contributed by atoms with E-state index in [-0.39, 0.29) is 6.04 Å². The van der Waals surface area contributed by atoms with Crippen molar-refractivity contribution in [2.45, 2.75) is 31.7 Å². The highest BCUT2D eigenvalue weighted by Crippen LogP contribution is 2.26. The van der Waals surface area contributed by atoms with Crippen LogP contribution in [0.15, 0.2) is 12.4 Å². The van der Waals surface area contributed by atoms with Crippen LogP contribution in [0, 0.1) is 11.3 Å². The maximum atomic E-state index is 11.3. The van der Waals surface area contributed by atoms with Gasteiger partial charge in [-0.1, -0.05) is 0 Å². The van der Waals surface area contributed by atoms with Crippen LogP contribution in [0.25, 0.3) is 0 Å². The normalized spacial score (nSPS) is 21.9. The highest BCUT2D eigenvalue weighted by molar-refractivity contribution is 5.79. The molecule has 2 rings (SSSR count). The molecular formula is C10H11N3O. The molecule has 1 saturated carbocycles. The molecule has 4 heteroatoms. The number of nitrogens with zero attached hydrogens (tertiary/aromatic N) is 3. The van der Waals surface area contributed by atoms with Gasteiger partial charge in [-0.05, 0) is 12.8 Å². The van der Waals surface area contributed by atoms with Gasteiger partial charge in [0, 0.05) is 31.3 Å². The Morgan fingerprint density at radius 3 is 3.21 bits per heavy atom. The maximum absolute atomic E-state index is 11.3. The number of Topliss-reactive ketones (excluding diaryl/α,β-unsaturated/α-hetero) is 1. The Bertz CT molecular complexity index is 388. The average Bonchev–Trinajstić information content (AvgIpc) is 2.65. The third kappa shape index (κ3) is 1.53. The summed E-state index contributed by atoms with van der Waals surface area (Å²) in [7, 11) is 0. The quantitative estimate of drug-likeness (QED) is 0.671. The van der Waals surface area contributed by atoms with E-state index in [1.165, 1.54) is 0 Å². The summed E-state index contributed by atoms with van der Waals surface area (Å²) in [6.07, 6.45) is 6.51. The van der Waals surface area contributed by atoms with Crippen LogP contribution in [0.1, 0.15) is 37.5 Å². The second-order valence-electron chi connectivity index (χ2n) is 3.56. The monoisotopic (exact) mass is 189 g/mol. The molecule has 4 nitrogen and oxygen atoms in total. The minimum absolute atomic E-state index is 0.147. The molecule has 1 unspecified atom stereocenters. The topological polar surface area (TPSA) is 58.7 Å². The van der Waals surface area contributed by atoms with E-state index in [0.717, 1.165) is 12.8 Å². The number of nitriles is 1. The van der Waals surface area contributed by atoms with Gasteiger partial charge in [0.25, 0.3) is 0 Å². The Labute approximate surface area is 82.2 Å². The molecule has 0 aliphatic heterocycles. The minimum Gasteiger partial charge on any atom is -0.319 e. The summed E-state index contributed by atoms with van der Waals surface area (Å²) in [6, 6.07) is 2.17. The van der Waals surface area contributed by atoms with Crippen LogP contribution in [-0.4, -0.2) is 15.3 Å². The molecule has 0 saturated heterocycles. The average molecular weight is 189 g/mol. The number of carbonyl (C=O) groups is 1. The van der Waals surface area contributed by atoms with Gasteiger partial charge in [0.15, 0.2) is 0 Å². The van der Waals surface area contributed by atoms with E-state index in [1.807, 2.05) is 10.6 Å². The zero-order valence-electron chi connectivity index (χ0n) is 7.81. The zero-order valence-corrected chi connectivity index (χ0v) is 7.81. The number of rotatable bonds is 1. The fourth-order valence-electron chi connectivity index (χ4n) is 1.93. The first kappa shape index (κ1) is 8.95. The summed E-state index contributed by atoms with van der Waals surface area (Å²) in [6.45, 7) is 0. The number of hydrogen-bond donors (Lipinski definition) is 0. The maximum Gasteiger partial charge on any atom is 0.212 e. The van der Waals surface area contributed by atoms with Crippen LogP contribution in [0.4, 0.5) is 0 Å². The molecule has 1 aliphatic rings. The van der Waals surface area contributed by atoms with E-state index in [2.05, 4.69) is 4.98 Å². The molecule has 0 N–H and O–H groups in total. The van der Waals surface area contributed by atoms with Crippen molar-refractivity contribution in [3.8, 4) is 6.07 Å². The van der Waals surface area contributed by atoms with Gasteiger partial charge in [-0.15, -0.1) is 0 Å². The smallest absolute Gasteiger partial charge is 0.212 e. The molecule has 0 spiro atoms. The lowest BCUT2D eigenvalue weighted by Gasteiger charge is -2.22. The van der Waals surface area contributed by atoms with Crippen LogP contribution in [0.5, 0.6) is 0 Å². The van der Waals surface area contributed by atoms with Gasteiger partial charge < -0.3 is 4.57 Å². The summed E-state index contributed by atoms with van der Waals surface area (Å²) < 4.78 is 1.82. The Morgan fingerprint density at radius 1 is 1.64 bits per heavy atom. The lowest BCUT2D eigenvalue weighted by Crippen LogP contribution is -2.19. The predicted octanol–water partition coefficient (Wildman–Crippen LogP) is 1.44. The van der Waals surface area contributed by atoms with Crippen molar-refractivity contribution in [1.29, 1.82) is 5.26 Å². The van der Waals surface area contributed by atoms with Crippen LogP contribution in [0.3, 0.4) is 0 Å². The SMILES string of the molecule is N#Cc1nccn1C1CCCC(=O)C1. The fraction of sp³-hybridized carbons (Fsp3) is 0.500. The van der Waals surface area contributed by atoms with Gasteiger partial charge in [0.05, 0.1) is 0 Å². The summed E-state index contributed by atoms with van der Waals surface area (Å²) in [4.78, 5) is 15.2. The standard InChI is InChI=1S/C10H11N3O/c11-7-10-12-4-5-13(10)8-2-1-3-9(14)6-8/h4-5,8H,1-3,6H2. The zero-order chi connectivity index (χ0) is 9.97. The largest absolute Gasteiger partial charge is 0.319 e. The van der Waals surface area contributed by atoms with E-state index in [0.29, 0.717) is 24.4 Å². The third-order valence-corrected chi connectivity index (χ3v) is 2.62. The minimum atomic E-state index is 0.147. The molecule has 72 valence electrons. The summed E-state index contributed by atoms with van der Waals surface area (Å²) in [5.74, 6) is 0.698. The van der Waals surface area contributed by atoms with Gasteiger partial charge in [-0.25, -0.2) is 4.98 Å². The molecule has 1 aromatic heterocycles. The van der Waals surface area contributed by atoms with Crippen LogP contribution < -0.4 is 0 Å². The molecule has 0 amide bonds. The first-order chi connectivity index (χ1) is 6.81. The second kappa shape index (κ2) is 3.62. The molecule has 1 fully saturated rings. The van der Waals surface area contributed by atoms with Gasteiger partial charge in [-0.2, -0.15) is 5.26 Å². The molecule has 1 aromatic rings. The van der Waals surface area contributed by atoms with Crippen molar-refractivity contribution in [2.24, 2.45) is 0 Å². The lowest BCUT2D eigenvalue weighted by atomic mass is 9.94. The molecule has 1 heterocycles. The van der Waals surface area contributed by atoms with E-state index in [4.69, 9.17) is 5.26 Å². The molecule has 0 radical (unpaired) electrons. The Balaban J connectivity index is 2.22. The summed E-state index contributed by atoms with van der Waals surface area (Å²) in [5.41, 5.74) is 0. The van der Waals surface area contributed by atoms with E-state index in [1.54, 1.807) is 12.4 Å². The van der Waals surface area contributed by atoms with Crippen molar-refractivity contribution >= 4 is 5.78 Å². The van der Waals surface area contributed by atoms with Gasteiger partial charge in [0.1, 0.15) is 11.9 Å². The predicted molar refractivity (Wildman–Crippen MR) is 49.5 cm³/mol. The van der Waals surface area contributed by atoms with E-state index < -0.39 is 0 Å². The molecular weight excluding hydrogens is 178 g/mol. The highest BCUT2D eigenvalue weighted by atomic mass is 16.1. The van der Waals surface area contributed by atoms with Crippen molar-refractivity contribution in [2.75, 3.05) is 0 Å². The molecule has 0 aromatic carbocycles. The molecule has 1 aliphatic carbocycles. The molecule has 14 heavy (non-hydrogen) atoms. The first-order valence-corrected chi connectivity index (χ1v) is 4.76.